The highest BCUT2D eigenvalue weighted by Crippen LogP contribution is 2.13. The van der Waals surface area contributed by atoms with E-state index in [1.54, 1.807) is 0 Å². The highest BCUT2D eigenvalue weighted by Gasteiger charge is 2.16. The van der Waals surface area contributed by atoms with E-state index >= 15 is 0 Å². The molecule has 0 bridgehead atoms. The number of aliphatic hydroxyl groups excluding tert-OH is 1. The van der Waals surface area contributed by atoms with Gasteiger partial charge in [0.25, 0.3) is 0 Å². The van der Waals surface area contributed by atoms with Gasteiger partial charge in [0.15, 0.2) is 5.78 Å². The quantitative estimate of drug-likeness (QED) is 0.636. The number of ketones is 1. The Morgan fingerprint density at radius 3 is 2.78 bits per heavy atom. The predicted octanol–water partition coefficient (Wildman–Crippen LogP) is 1.88. The lowest BCUT2D eigenvalue weighted by Gasteiger charge is -2.26. The molecule has 1 aromatic rings. The van der Waals surface area contributed by atoms with E-state index in [1.807, 2.05) is 30.3 Å². The monoisotopic (exact) mass is 245 g/mol. The summed E-state index contributed by atoms with van der Waals surface area (Å²) in [6.07, 6.45) is 3.87. The lowest BCUT2D eigenvalue weighted by Crippen LogP contribution is -2.34. The van der Waals surface area contributed by atoms with Crippen LogP contribution in [0.15, 0.2) is 42.0 Å². The van der Waals surface area contributed by atoms with E-state index in [0.29, 0.717) is 6.54 Å². The number of hydrogen-bond acceptors (Lipinski definition) is 3. The largest absolute Gasteiger partial charge is 0.396 e. The van der Waals surface area contributed by atoms with Crippen molar-refractivity contribution in [3.05, 3.63) is 47.5 Å². The van der Waals surface area contributed by atoms with Crippen LogP contribution in [0.4, 0.5) is 0 Å². The topological polar surface area (TPSA) is 40.5 Å². The molecular formula is C15H19NO2. The second-order valence-corrected chi connectivity index (χ2v) is 4.62. The van der Waals surface area contributed by atoms with E-state index < -0.39 is 0 Å². The van der Waals surface area contributed by atoms with Gasteiger partial charge in [-0.1, -0.05) is 42.0 Å². The molecule has 0 unspecified atom stereocenters. The molecule has 0 aromatic heterocycles. The third-order valence-corrected chi connectivity index (χ3v) is 3.20. The van der Waals surface area contributed by atoms with Gasteiger partial charge in [-0.25, -0.2) is 0 Å². The number of benzene rings is 1. The summed E-state index contributed by atoms with van der Waals surface area (Å²) in [7, 11) is 0. The Morgan fingerprint density at radius 1 is 1.28 bits per heavy atom. The molecule has 0 amide bonds. The van der Waals surface area contributed by atoms with Crippen LogP contribution in [0.25, 0.3) is 0 Å². The first-order chi connectivity index (χ1) is 8.79. The Labute approximate surface area is 108 Å². The van der Waals surface area contributed by atoms with Crippen LogP contribution in [0, 0.1) is 0 Å². The summed E-state index contributed by atoms with van der Waals surface area (Å²) < 4.78 is 0. The molecule has 0 spiro atoms. The number of rotatable bonds is 5. The van der Waals surface area contributed by atoms with Crippen molar-refractivity contribution in [2.45, 2.75) is 12.8 Å². The van der Waals surface area contributed by atoms with E-state index in [-0.39, 0.29) is 12.4 Å². The first-order valence-corrected chi connectivity index (χ1v) is 6.39. The van der Waals surface area contributed by atoms with Gasteiger partial charge in [0, 0.05) is 25.3 Å². The second kappa shape index (κ2) is 6.47. The summed E-state index contributed by atoms with van der Waals surface area (Å²) in [5, 5.41) is 8.94. The van der Waals surface area contributed by atoms with Crippen molar-refractivity contribution >= 4 is 5.78 Å². The minimum atomic E-state index is 0.167. The molecule has 0 aliphatic carbocycles. The van der Waals surface area contributed by atoms with Gasteiger partial charge in [-0.2, -0.15) is 0 Å². The normalized spacial score (nSPS) is 16.4. The summed E-state index contributed by atoms with van der Waals surface area (Å²) in [5.41, 5.74) is 2.01. The Bertz CT molecular complexity index is 425. The molecule has 0 saturated carbocycles. The van der Waals surface area contributed by atoms with Gasteiger partial charge in [0.1, 0.15) is 0 Å². The Kier molecular flexibility index (Phi) is 4.67. The van der Waals surface area contributed by atoms with E-state index in [9.17, 15) is 4.79 Å². The van der Waals surface area contributed by atoms with Gasteiger partial charge in [-0.3, -0.25) is 9.69 Å². The van der Waals surface area contributed by atoms with Crippen LogP contribution in [0.5, 0.6) is 0 Å². The maximum atomic E-state index is 12.1. The van der Waals surface area contributed by atoms with Crippen LogP contribution >= 0.6 is 0 Å². The molecule has 0 radical (unpaired) electrons. The zero-order chi connectivity index (χ0) is 12.8. The molecule has 1 aliphatic rings. The number of aliphatic hydroxyl groups is 1. The van der Waals surface area contributed by atoms with Crippen LogP contribution < -0.4 is 0 Å². The third-order valence-electron chi connectivity index (χ3n) is 3.20. The van der Waals surface area contributed by atoms with Crippen molar-refractivity contribution in [1.29, 1.82) is 0 Å². The van der Waals surface area contributed by atoms with Gasteiger partial charge in [-0.15, -0.1) is 0 Å². The molecule has 1 aliphatic heterocycles. The summed E-state index contributed by atoms with van der Waals surface area (Å²) in [4.78, 5) is 14.2. The van der Waals surface area contributed by atoms with Gasteiger partial charge < -0.3 is 5.11 Å². The van der Waals surface area contributed by atoms with E-state index in [0.717, 1.165) is 31.5 Å². The number of carbonyl (C=O) groups is 1. The van der Waals surface area contributed by atoms with Crippen LogP contribution in [0.3, 0.4) is 0 Å². The number of nitrogens with zero attached hydrogens (tertiary/aromatic N) is 1. The van der Waals surface area contributed by atoms with Crippen molar-refractivity contribution in [3.8, 4) is 0 Å². The molecule has 18 heavy (non-hydrogen) atoms. The number of Topliss-reactive ketones (excluding diaryl/α,β-unsaturated/α-hetero) is 1. The summed E-state index contributed by atoms with van der Waals surface area (Å²) in [6, 6.07) is 9.41. The Balaban J connectivity index is 1.91. The Morgan fingerprint density at radius 2 is 2.06 bits per heavy atom. The highest BCUT2D eigenvalue weighted by molar-refractivity contribution is 5.97. The smallest absolute Gasteiger partial charge is 0.176 e. The van der Waals surface area contributed by atoms with Crippen molar-refractivity contribution in [2.75, 3.05) is 26.2 Å². The molecule has 0 atom stereocenters. The molecule has 0 saturated heterocycles. The van der Waals surface area contributed by atoms with Crippen molar-refractivity contribution in [1.82, 2.24) is 4.90 Å². The SMILES string of the molecule is O=C(CN1CCC=C(CCO)C1)c1ccccc1. The van der Waals surface area contributed by atoms with E-state index in [4.69, 9.17) is 5.11 Å². The van der Waals surface area contributed by atoms with Gasteiger partial charge in [0.05, 0.1) is 6.54 Å². The molecule has 1 aromatic carbocycles. The fourth-order valence-corrected chi connectivity index (χ4v) is 2.26. The summed E-state index contributed by atoms with van der Waals surface area (Å²) >= 11 is 0. The average Bonchev–Trinajstić information content (AvgIpc) is 2.40. The zero-order valence-electron chi connectivity index (χ0n) is 10.5. The molecule has 3 heteroatoms. The number of hydrogen-bond donors (Lipinski definition) is 1. The predicted molar refractivity (Wildman–Crippen MR) is 71.6 cm³/mol. The van der Waals surface area contributed by atoms with Crippen LogP contribution in [-0.2, 0) is 0 Å². The minimum absolute atomic E-state index is 0.167. The second-order valence-electron chi connectivity index (χ2n) is 4.62. The van der Waals surface area contributed by atoms with Gasteiger partial charge in [-0.05, 0) is 12.8 Å². The molecule has 96 valence electrons. The van der Waals surface area contributed by atoms with Crippen LogP contribution in [-0.4, -0.2) is 42.0 Å². The third kappa shape index (κ3) is 3.52. The van der Waals surface area contributed by atoms with Crippen molar-refractivity contribution in [2.24, 2.45) is 0 Å². The zero-order valence-corrected chi connectivity index (χ0v) is 10.5. The van der Waals surface area contributed by atoms with Crippen LogP contribution in [0.2, 0.25) is 0 Å². The number of carbonyl (C=O) groups excluding carboxylic acids is 1. The molecule has 2 rings (SSSR count). The molecular weight excluding hydrogens is 226 g/mol. The summed E-state index contributed by atoms with van der Waals surface area (Å²) in [5.74, 6) is 0.167. The maximum Gasteiger partial charge on any atom is 0.176 e. The summed E-state index contributed by atoms with van der Waals surface area (Å²) in [6.45, 7) is 2.38. The van der Waals surface area contributed by atoms with Gasteiger partial charge >= 0.3 is 0 Å². The van der Waals surface area contributed by atoms with Crippen LogP contribution in [0.1, 0.15) is 23.2 Å². The fraction of sp³-hybridized carbons (Fsp3) is 0.400. The minimum Gasteiger partial charge on any atom is -0.396 e. The van der Waals surface area contributed by atoms with Crippen molar-refractivity contribution < 1.29 is 9.90 Å². The molecule has 3 nitrogen and oxygen atoms in total. The first kappa shape index (κ1) is 13.0. The standard InChI is InChI=1S/C15H19NO2/c17-10-8-13-5-4-9-16(11-13)12-15(18)14-6-2-1-3-7-14/h1-3,5-7,17H,4,8-12H2. The molecule has 1 heterocycles. The lowest BCUT2D eigenvalue weighted by atomic mass is 10.1. The lowest BCUT2D eigenvalue weighted by molar-refractivity contribution is 0.0934. The van der Waals surface area contributed by atoms with Gasteiger partial charge in [0.2, 0.25) is 0 Å². The highest BCUT2D eigenvalue weighted by atomic mass is 16.3. The average molecular weight is 245 g/mol. The Hall–Kier alpha value is -1.45. The fourth-order valence-electron chi connectivity index (χ4n) is 2.26. The maximum absolute atomic E-state index is 12.1. The van der Waals surface area contributed by atoms with E-state index in [1.165, 1.54) is 5.57 Å². The van der Waals surface area contributed by atoms with Crippen molar-refractivity contribution in [3.63, 3.8) is 0 Å². The first-order valence-electron chi connectivity index (χ1n) is 6.39. The molecule has 1 N–H and O–H groups in total. The molecule has 0 fully saturated rings. The van der Waals surface area contributed by atoms with E-state index in [2.05, 4.69) is 11.0 Å².